The Morgan fingerprint density at radius 1 is 1.53 bits per heavy atom. The highest BCUT2D eigenvalue weighted by Gasteiger charge is 2.24. The number of aliphatic hydroxyl groups excluding tert-OH is 1. The molecule has 0 spiro atoms. The molecule has 0 aliphatic rings. The van der Waals surface area contributed by atoms with Crippen molar-refractivity contribution in [2.24, 2.45) is 0 Å². The first-order valence-corrected chi connectivity index (χ1v) is 7.08. The second-order valence-corrected chi connectivity index (χ2v) is 6.58. The maximum absolute atomic E-state index is 12.9. The molecule has 1 aromatic rings. The van der Waals surface area contributed by atoms with Gasteiger partial charge in [0.25, 0.3) is 0 Å². The fourth-order valence-electron chi connectivity index (χ4n) is 1.32. The normalized spacial score (nSPS) is 14.0. The number of sulfonamides is 1. The first kappa shape index (κ1) is 14.6. The third kappa shape index (κ3) is 3.48. The van der Waals surface area contributed by atoms with Gasteiger partial charge in [-0.25, -0.2) is 12.8 Å². The summed E-state index contributed by atoms with van der Waals surface area (Å²) >= 11 is 3.01. The summed E-state index contributed by atoms with van der Waals surface area (Å²) < 4.78 is 38.2. The van der Waals surface area contributed by atoms with Gasteiger partial charge < -0.3 is 5.11 Å². The molecule has 7 heteroatoms. The van der Waals surface area contributed by atoms with Gasteiger partial charge in [0.1, 0.15) is 5.82 Å². The number of rotatable bonds is 4. The van der Waals surface area contributed by atoms with E-state index < -0.39 is 21.9 Å². The molecule has 4 nitrogen and oxygen atoms in total. The van der Waals surface area contributed by atoms with Crippen LogP contribution in [0.5, 0.6) is 0 Å². The van der Waals surface area contributed by atoms with Gasteiger partial charge in [-0.15, -0.1) is 0 Å². The number of hydrogen-bond donors (Lipinski definition) is 1. The number of nitrogens with zero attached hydrogens (tertiary/aromatic N) is 1. The lowest BCUT2D eigenvalue weighted by molar-refractivity contribution is 0.171. The number of hydrogen-bond acceptors (Lipinski definition) is 3. The lowest BCUT2D eigenvalue weighted by atomic mass is 10.3. The molecule has 96 valence electrons. The minimum atomic E-state index is -3.72. The summed E-state index contributed by atoms with van der Waals surface area (Å²) in [7, 11) is -2.36. The van der Waals surface area contributed by atoms with E-state index in [2.05, 4.69) is 15.9 Å². The van der Waals surface area contributed by atoms with Crippen molar-refractivity contribution >= 4 is 26.0 Å². The zero-order chi connectivity index (χ0) is 13.2. The molecule has 1 rings (SSSR count). The number of halogens is 2. The molecule has 0 amide bonds. The summed E-state index contributed by atoms with van der Waals surface area (Å²) in [5.41, 5.74) is 0. The first-order valence-electron chi connectivity index (χ1n) is 4.84. The van der Waals surface area contributed by atoms with Crippen molar-refractivity contribution in [2.75, 3.05) is 13.6 Å². The van der Waals surface area contributed by atoms with Crippen LogP contribution in [0.15, 0.2) is 27.6 Å². The predicted octanol–water partition coefficient (Wildman–Crippen LogP) is 1.59. The Kier molecular flexibility index (Phi) is 4.65. The van der Waals surface area contributed by atoms with E-state index in [1.54, 1.807) is 0 Å². The van der Waals surface area contributed by atoms with Crippen LogP contribution in [-0.2, 0) is 10.0 Å². The zero-order valence-corrected chi connectivity index (χ0v) is 11.8. The van der Waals surface area contributed by atoms with Gasteiger partial charge in [0, 0.05) is 18.1 Å². The maximum atomic E-state index is 12.9. The third-order valence-electron chi connectivity index (χ3n) is 2.10. The molecular weight excluding hydrogens is 313 g/mol. The molecule has 0 bridgehead atoms. The molecule has 0 radical (unpaired) electrons. The maximum Gasteiger partial charge on any atom is 0.244 e. The van der Waals surface area contributed by atoms with Gasteiger partial charge in [-0.2, -0.15) is 4.31 Å². The van der Waals surface area contributed by atoms with Crippen LogP contribution >= 0.6 is 15.9 Å². The molecule has 0 aromatic heterocycles. The van der Waals surface area contributed by atoms with Crippen LogP contribution in [0.4, 0.5) is 4.39 Å². The van der Waals surface area contributed by atoms with E-state index in [0.29, 0.717) is 0 Å². The molecule has 1 unspecified atom stereocenters. The van der Waals surface area contributed by atoms with Crippen molar-refractivity contribution in [3.8, 4) is 0 Å². The molecular formula is C10H13BrFNO3S. The summed E-state index contributed by atoms with van der Waals surface area (Å²) in [6.45, 7) is 1.47. The minimum absolute atomic E-state index is 0.0217. The standard InChI is InChI=1S/C10H13BrFNO3S/c1-7(14)6-13(2)17(15,16)10-4-3-8(12)5-9(10)11/h3-5,7,14H,6H2,1-2H3. The van der Waals surface area contributed by atoms with Crippen molar-refractivity contribution in [3.63, 3.8) is 0 Å². The van der Waals surface area contributed by atoms with Crippen LogP contribution in [0, 0.1) is 5.82 Å². The van der Waals surface area contributed by atoms with Crippen LogP contribution in [-0.4, -0.2) is 37.5 Å². The van der Waals surface area contributed by atoms with Crippen LogP contribution < -0.4 is 0 Å². The van der Waals surface area contributed by atoms with E-state index in [-0.39, 0.29) is 15.9 Å². The number of likely N-dealkylation sites (N-methyl/N-ethyl adjacent to an activating group) is 1. The molecule has 0 aliphatic heterocycles. The predicted molar refractivity (Wildman–Crippen MR) is 65.6 cm³/mol. The van der Waals surface area contributed by atoms with Gasteiger partial charge in [0.2, 0.25) is 10.0 Å². The van der Waals surface area contributed by atoms with Gasteiger partial charge in [-0.3, -0.25) is 0 Å². The largest absolute Gasteiger partial charge is 0.392 e. The van der Waals surface area contributed by atoms with Gasteiger partial charge in [0.05, 0.1) is 11.0 Å². The second kappa shape index (κ2) is 5.43. The van der Waals surface area contributed by atoms with Gasteiger partial charge in [-0.05, 0) is 41.1 Å². The monoisotopic (exact) mass is 325 g/mol. The Bertz CT molecular complexity index is 504. The van der Waals surface area contributed by atoms with E-state index in [0.717, 1.165) is 16.4 Å². The Hall–Kier alpha value is -0.500. The molecule has 1 aromatic carbocycles. The van der Waals surface area contributed by atoms with E-state index >= 15 is 0 Å². The Labute approximate surface area is 108 Å². The fourth-order valence-corrected chi connectivity index (χ4v) is 3.58. The Morgan fingerprint density at radius 2 is 2.12 bits per heavy atom. The third-order valence-corrected chi connectivity index (χ3v) is 4.90. The molecule has 1 atom stereocenters. The Morgan fingerprint density at radius 3 is 2.59 bits per heavy atom. The average molecular weight is 326 g/mol. The lowest BCUT2D eigenvalue weighted by Crippen LogP contribution is -2.33. The number of aliphatic hydroxyl groups is 1. The number of benzene rings is 1. The van der Waals surface area contributed by atoms with Crippen molar-refractivity contribution in [1.29, 1.82) is 0 Å². The molecule has 0 fully saturated rings. The van der Waals surface area contributed by atoms with Crippen LogP contribution in [0.3, 0.4) is 0 Å². The molecule has 0 saturated carbocycles. The van der Waals surface area contributed by atoms with Crippen molar-refractivity contribution in [3.05, 3.63) is 28.5 Å². The molecule has 1 N–H and O–H groups in total. The summed E-state index contributed by atoms with van der Waals surface area (Å²) in [6.07, 6.45) is -0.769. The molecule has 0 saturated heterocycles. The summed E-state index contributed by atoms with van der Waals surface area (Å²) in [4.78, 5) is -0.0259. The fraction of sp³-hybridized carbons (Fsp3) is 0.400. The van der Waals surface area contributed by atoms with E-state index in [4.69, 9.17) is 5.11 Å². The summed E-state index contributed by atoms with van der Waals surface area (Å²) in [5, 5.41) is 9.17. The van der Waals surface area contributed by atoms with Gasteiger partial charge in [-0.1, -0.05) is 0 Å². The highest BCUT2D eigenvalue weighted by molar-refractivity contribution is 9.10. The smallest absolute Gasteiger partial charge is 0.244 e. The molecule has 17 heavy (non-hydrogen) atoms. The Balaban J connectivity index is 3.13. The lowest BCUT2D eigenvalue weighted by Gasteiger charge is -2.19. The van der Waals surface area contributed by atoms with Crippen LogP contribution in [0.1, 0.15) is 6.92 Å². The van der Waals surface area contributed by atoms with Crippen molar-refractivity contribution in [1.82, 2.24) is 4.31 Å². The average Bonchev–Trinajstić information content (AvgIpc) is 2.15. The minimum Gasteiger partial charge on any atom is -0.392 e. The van der Waals surface area contributed by atoms with Gasteiger partial charge >= 0.3 is 0 Å². The van der Waals surface area contributed by atoms with Crippen LogP contribution in [0.2, 0.25) is 0 Å². The SMILES string of the molecule is CC(O)CN(C)S(=O)(=O)c1ccc(F)cc1Br. The summed E-state index contributed by atoms with van der Waals surface area (Å²) in [6, 6.07) is 3.35. The first-order chi connectivity index (χ1) is 7.75. The zero-order valence-electron chi connectivity index (χ0n) is 9.39. The van der Waals surface area contributed by atoms with Crippen LogP contribution in [0.25, 0.3) is 0 Å². The molecule has 0 heterocycles. The van der Waals surface area contributed by atoms with Gasteiger partial charge in [0.15, 0.2) is 0 Å². The van der Waals surface area contributed by atoms with E-state index in [1.807, 2.05) is 0 Å². The quantitative estimate of drug-likeness (QED) is 0.914. The highest BCUT2D eigenvalue weighted by Crippen LogP contribution is 2.25. The molecule has 0 aliphatic carbocycles. The van der Waals surface area contributed by atoms with Crippen molar-refractivity contribution < 1.29 is 17.9 Å². The highest BCUT2D eigenvalue weighted by atomic mass is 79.9. The topological polar surface area (TPSA) is 57.6 Å². The van der Waals surface area contributed by atoms with E-state index in [9.17, 15) is 12.8 Å². The second-order valence-electron chi connectivity index (χ2n) is 3.71. The van der Waals surface area contributed by atoms with Crippen molar-refractivity contribution in [2.45, 2.75) is 17.9 Å². The van der Waals surface area contributed by atoms with E-state index in [1.165, 1.54) is 20.0 Å². The summed E-state index contributed by atoms with van der Waals surface area (Å²) in [5.74, 6) is -0.519.